The molecular weight excluding hydrogens is 326 g/mol. The number of hydrogen-bond donors (Lipinski definition) is 3. The summed E-state index contributed by atoms with van der Waals surface area (Å²) in [6.07, 6.45) is 4.77. The third-order valence-corrected chi connectivity index (χ3v) is 4.62. The van der Waals surface area contributed by atoms with Crippen LogP contribution in [0.1, 0.15) is 51.6 Å². The van der Waals surface area contributed by atoms with E-state index in [0.29, 0.717) is 0 Å². The summed E-state index contributed by atoms with van der Waals surface area (Å²) in [4.78, 5) is 4.43. The Morgan fingerprint density at radius 1 is 1.38 bits per heavy atom. The van der Waals surface area contributed by atoms with E-state index in [2.05, 4.69) is 28.6 Å². The molecule has 2 aliphatic heterocycles. The fourth-order valence-electron chi connectivity index (χ4n) is 3.23. The summed E-state index contributed by atoms with van der Waals surface area (Å²) in [6.45, 7) is 7.69. The molecule has 24 heavy (non-hydrogen) atoms. The molecule has 0 bridgehead atoms. The van der Waals surface area contributed by atoms with E-state index in [1.165, 1.54) is 12.8 Å². The smallest absolute Gasteiger partial charge is 0.131 e. The minimum atomic E-state index is -0.629. The van der Waals surface area contributed by atoms with E-state index in [0.717, 1.165) is 42.2 Å². The minimum absolute atomic E-state index is 0. The molecule has 0 radical (unpaired) electrons. The Balaban J connectivity index is 0.00000208. The number of aliphatic hydroxyl groups is 1. The second-order valence-corrected chi connectivity index (χ2v) is 6.89. The number of aliphatic imine (C=N–C) groups is 1. The van der Waals surface area contributed by atoms with E-state index in [9.17, 15) is 5.11 Å². The number of ether oxygens (including phenoxy) is 1. The summed E-state index contributed by atoms with van der Waals surface area (Å²) in [5, 5.41) is 17.6. The zero-order valence-corrected chi connectivity index (χ0v) is 15.4. The second-order valence-electron chi connectivity index (χ2n) is 6.89. The first-order valence-electron chi connectivity index (χ1n) is 8.57. The van der Waals surface area contributed by atoms with E-state index in [-0.39, 0.29) is 18.4 Å². The standard InChI is InChI=1S/C18H27N3O2.ClH/c1-4-5-6-7-21-16-12-10-13-14(20-9-8-19-13)11-15(12)23-18(2,3)17(16)22;/h9-11,16-17,19,21-22H,4-8H2,1-3H3;1H/t16-,17+;/m0./s1. The van der Waals surface area contributed by atoms with Crippen LogP contribution in [0.2, 0.25) is 0 Å². The van der Waals surface area contributed by atoms with Crippen molar-refractivity contribution in [2.24, 2.45) is 4.99 Å². The van der Waals surface area contributed by atoms with Gasteiger partial charge in [-0.2, -0.15) is 0 Å². The molecule has 0 aromatic heterocycles. The van der Waals surface area contributed by atoms with Crippen molar-refractivity contribution in [3.8, 4) is 5.75 Å². The quantitative estimate of drug-likeness (QED) is 0.708. The molecule has 2 heterocycles. The van der Waals surface area contributed by atoms with Gasteiger partial charge in [0.2, 0.25) is 0 Å². The molecule has 6 heteroatoms. The highest BCUT2D eigenvalue weighted by Crippen LogP contribution is 2.44. The molecule has 0 saturated heterocycles. The Kier molecular flexibility index (Phi) is 6.12. The molecule has 0 unspecified atom stereocenters. The third-order valence-electron chi connectivity index (χ3n) is 4.62. The lowest BCUT2D eigenvalue weighted by Crippen LogP contribution is -2.52. The molecule has 0 saturated carbocycles. The van der Waals surface area contributed by atoms with Crippen molar-refractivity contribution < 1.29 is 9.84 Å². The maximum Gasteiger partial charge on any atom is 0.131 e. The number of benzene rings is 1. The highest BCUT2D eigenvalue weighted by molar-refractivity contribution is 5.85. The third kappa shape index (κ3) is 3.68. The lowest BCUT2D eigenvalue weighted by Gasteiger charge is -2.43. The van der Waals surface area contributed by atoms with Gasteiger partial charge in [-0.3, -0.25) is 4.99 Å². The SMILES string of the molecule is CCCCCN[C@H]1c2cc3c(cc2OC(C)(C)[C@@H]1O)N=CCN3.Cl. The Morgan fingerprint density at radius 3 is 2.92 bits per heavy atom. The van der Waals surface area contributed by atoms with Crippen LogP contribution < -0.4 is 15.4 Å². The van der Waals surface area contributed by atoms with Gasteiger partial charge in [-0.1, -0.05) is 19.8 Å². The number of aliphatic hydroxyl groups excluding tert-OH is 1. The summed E-state index contributed by atoms with van der Waals surface area (Å²) in [5.74, 6) is 0.813. The molecule has 2 aliphatic rings. The first-order chi connectivity index (χ1) is 11.0. The maximum atomic E-state index is 10.8. The van der Waals surface area contributed by atoms with E-state index in [1.807, 2.05) is 26.1 Å². The van der Waals surface area contributed by atoms with E-state index in [1.54, 1.807) is 0 Å². The highest BCUT2D eigenvalue weighted by atomic mass is 35.5. The molecule has 0 fully saturated rings. The van der Waals surface area contributed by atoms with Crippen LogP contribution in [-0.4, -0.2) is 36.1 Å². The van der Waals surface area contributed by atoms with Crippen molar-refractivity contribution in [3.63, 3.8) is 0 Å². The number of halogens is 1. The van der Waals surface area contributed by atoms with Crippen LogP contribution in [0.15, 0.2) is 17.1 Å². The van der Waals surface area contributed by atoms with Crippen LogP contribution in [0.4, 0.5) is 11.4 Å². The summed E-state index contributed by atoms with van der Waals surface area (Å²) in [6, 6.07) is 3.92. The van der Waals surface area contributed by atoms with Crippen molar-refractivity contribution in [1.82, 2.24) is 5.32 Å². The van der Waals surface area contributed by atoms with Crippen LogP contribution in [0.3, 0.4) is 0 Å². The zero-order valence-electron chi connectivity index (χ0n) is 14.6. The van der Waals surface area contributed by atoms with Gasteiger partial charge in [0.05, 0.1) is 24.0 Å². The molecule has 0 spiro atoms. The normalized spacial score (nSPS) is 23.3. The van der Waals surface area contributed by atoms with E-state index in [4.69, 9.17) is 4.74 Å². The lowest BCUT2D eigenvalue weighted by atomic mass is 9.86. The topological polar surface area (TPSA) is 65.9 Å². The number of unbranched alkanes of at least 4 members (excludes halogenated alkanes) is 2. The zero-order chi connectivity index (χ0) is 16.4. The molecule has 1 aromatic carbocycles. The fraction of sp³-hybridized carbons (Fsp3) is 0.611. The summed E-state index contributed by atoms with van der Waals surface area (Å²) < 4.78 is 6.06. The predicted molar refractivity (Wildman–Crippen MR) is 101 cm³/mol. The van der Waals surface area contributed by atoms with Gasteiger partial charge in [0, 0.05) is 17.8 Å². The number of rotatable bonds is 5. The molecule has 3 rings (SSSR count). The molecule has 2 atom stereocenters. The van der Waals surface area contributed by atoms with Crippen LogP contribution in [0.5, 0.6) is 5.75 Å². The monoisotopic (exact) mass is 353 g/mol. The Morgan fingerprint density at radius 2 is 2.17 bits per heavy atom. The number of hydrogen-bond acceptors (Lipinski definition) is 5. The Hall–Kier alpha value is -1.30. The predicted octanol–water partition coefficient (Wildman–Crippen LogP) is 3.59. The van der Waals surface area contributed by atoms with Crippen molar-refractivity contribution in [2.75, 3.05) is 18.4 Å². The first kappa shape index (κ1) is 19.0. The van der Waals surface area contributed by atoms with Gasteiger partial charge in [0.1, 0.15) is 17.5 Å². The van der Waals surface area contributed by atoms with Crippen molar-refractivity contribution >= 4 is 30.0 Å². The molecule has 134 valence electrons. The average Bonchev–Trinajstić information content (AvgIpc) is 2.53. The molecule has 3 N–H and O–H groups in total. The molecule has 1 aromatic rings. The fourth-order valence-corrected chi connectivity index (χ4v) is 3.23. The number of nitrogens with one attached hydrogen (secondary N) is 2. The van der Waals surface area contributed by atoms with Crippen molar-refractivity contribution in [1.29, 1.82) is 0 Å². The summed E-state index contributed by atoms with van der Waals surface area (Å²) >= 11 is 0. The Labute approximate surface area is 150 Å². The van der Waals surface area contributed by atoms with Crippen LogP contribution in [0.25, 0.3) is 0 Å². The van der Waals surface area contributed by atoms with Gasteiger partial charge in [-0.15, -0.1) is 12.4 Å². The number of nitrogens with zero attached hydrogens (tertiary/aromatic N) is 1. The summed E-state index contributed by atoms with van der Waals surface area (Å²) in [7, 11) is 0. The lowest BCUT2D eigenvalue weighted by molar-refractivity contribution is -0.0644. The minimum Gasteiger partial charge on any atom is -0.485 e. The van der Waals surface area contributed by atoms with Gasteiger partial charge in [0.25, 0.3) is 0 Å². The van der Waals surface area contributed by atoms with Crippen LogP contribution in [0, 0.1) is 0 Å². The number of anilines is 1. The van der Waals surface area contributed by atoms with Crippen molar-refractivity contribution in [3.05, 3.63) is 17.7 Å². The van der Waals surface area contributed by atoms with Gasteiger partial charge in [-0.05, 0) is 32.9 Å². The van der Waals surface area contributed by atoms with Crippen LogP contribution in [-0.2, 0) is 0 Å². The molecule has 0 amide bonds. The number of fused-ring (bicyclic) bond motifs is 2. The van der Waals surface area contributed by atoms with Gasteiger partial charge < -0.3 is 20.5 Å². The van der Waals surface area contributed by atoms with E-state index < -0.39 is 11.7 Å². The van der Waals surface area contributed by atoms with Gasteiger partial charge >= 0.3 is 0 Å². The second kappa shape index (κ2) is 7.72. The summed E-state index contributed by atoms with van der Waals surface area (Å²) in [5.41, 5.74) is 2.28. The van der Waals surface area contributed by atoms with Gasteiger partial charge in [0.15, 0.2) is 0 Å². The highest BCUT2D eigenvalue weighted by Gasteiger charge is 2.43. The van der Waals surface area contributed by atoms with Gasteiger partial charge in [-0.25, -0.2) is 0 Å². The molecule has 0 aliphatic carbocycles. The van der Waals surface area contributed by atoms with Crippen molar-refractivity contribution in [2.45, 2.75) is 57.8 Å². The largest absolute Gasteiger partial charge is 0.485 e. The van der Waals surface area contributed by atoms with E-state index >= 15 is 0 Å². The van der Waals surface area contributed by atoms with Crippen LogP contribution >= 0.6 is 12.4 Å². The average molecular weight is 354 g/mol. The first-order valence-corrected chi connectivity index (χ1v) is 8.57. The molecular formula is C18H28ClN3O2. The Bertz CT molecular complexity index is 604. The maximum absolute atomic E-state index is 10.8. The molecule has 5 nitrogen and oxygen atoms in total.